The third-order valence-corrected chi connectivity index (χ3v) is 6.49. The lowest BCUT2D eigenvalue weighted by Crippen LogP contribution is -2.51. The van der Waals surface area contributed by atoms with Crippen LogP contribution in [0.4, 0.5) is 0 Å². The molecule has 1 aromatic rings. The topological polar surface area (TPSA) is 69.7 Å². The van der Waals surface area contributed by atoms with Crippen LogP contribution in [0.15, 0.2) is 29.2 Å². The van der Waals surface area contributed by atoms with Crippen LogP contribution in [0.2, 0.25) is 5.02 Å². The van der Waals surface area contributed by atoms with Gasteiger partial charge >= 0.3 is 0 Å². The molecule has 23 heavy (non-hydrogen) atoms. The predicted octanol–water partition coefficient (Wildman–Crippen LogP) is 0.925. The average Bonchev–Trinajstić information content (AvgIpc) is 3.32. The summed E-state index contributed by atoms with van der Waals surface area (Å²) < 4.78 is 26.7. The first kappa shape index (κ1) is 16.7. The number of benzene rings is 1. The molecule has 0 spiro atoms. The first-order valence-corrected chi connectivity index (χ1v) is 9.55. The number of rotatable bonds is 5. The molecule has 126 valence electrons. The van der Waals surface area contributed by atoms with Crippen LogP contribution in [0.25, 0.3) is 0 Å². The molecule has 2 aliphatic rings. The summed E-state index contributed by atoms with van der Waals surface area (Å²) in [5.41, 5.74) is 0. The van der Waals surface area contributed by atoms with Crippen molar-refractivity contribution < 1.29 is 13.2 Å². The molecule has 1 aliphatic carbocycles. The molecule has 1 N–H and O–H groups in total. The van der Waals surface area contributed by atoms with Crippen LogP contribution in [0, 0.1) is 0 Å². The Morgan fingerprint density at radius 1 is 1.17 bits per heavy atom. The molecule has 3 rings (SSSR count). The molecule has 0 radical (unpaired) electrons. The lowest BCUT2D eigenvalue weighted by Gasteiger charge is -2.33. The summed E-state index contributed by atoms with van der Waals surface area (Å²) in [5, 5.41) is 3.18. The van der Waals surface area contributed by atoms with Crippen LogP contribution in [0.1, 0.15) is 12.8 Å². The monoisotopic (exact) mass is 357 g/mol. The van der Waals surface area contributed by atoms with Crippen LogP contribution < -0.4 is 5.32 Å². The van der Waals surface area contributed by atoms with Crippen molar-refractivity contribution in [1.29, 1.82) is 0 Å². The third-order valence-electron chi connectivity index (χ3n) is 4.10. The number of amides is 1. The largest absolute Gasteiger partial charge is 0.352 e. The zero-order valence-corrected chi connectivity index (χ0v) is 14.3. The van der Waals surface area contributed by atoms with Crippen molar-refractivity contribution in [2.75, 3.05) is 32.7 Å². The number of hydrogen-bond acceptors (Lipinski definition) is 4. The molecular weight excluding hydrogens is 338 g/mol. The molecule has 0 atom stereocenters. The lowest BCUT2D eigenvalue weighted by atomic mass is 10.3. The second-order valence-corrected chi connectivity index (χ2v) is 8.27. The molecule has 0 aromatic heterocycles. The Balaban J connectivity index is 1.57. The fraction of sp³-hybridized carbons (Fsp3) is 0.533. The molecule has 1 saturated heterocycles. The minimum atomic E-state index is -3.58. The van der Waals surface area contributed by atoms with Gasteiger partial charge in [0.2, 0.25) is 15.9 Å². The maximum absolute atomic E-state index is 12.6. The molecular formula is C15H20ClN3O3S. The maximum atomic E-state index is 12.6. The molecule has 0 bridgehead atoms. The minimum absolute atomic E-state index is 0.0231. The summed E-state index contributed by atoms with van der Waals surface area (Å²) in [6.45, 7) is 2.15. The van der Waals surface area contributed by atoms with Gasteiger partial charge in [-0.05, 0) is 25.0 Å². The first-order chi connectivity index (χ1) is 11.0. The summed E-state index contributed by atoms with van der Waals surface area (Å²) in [6, 6.07) is 6.82. The van der Waals surface area contributed by atoms with Gasteiger partial charge in [0.25, 0.3) is 0 Å². The fourth-order valence-electron chi connectivity index (χ4n) is 2.63. The van der Waals surface area contributed by atoms with E-state index in [9.17, 15) is 13.2 Å². The van der Waals surface area contributed by atoms with Crippen molar-refractivity contribution in [3.05, 3.63) is 29.3 Å². The van der Waals surface area contributed by atoms with Gasteiger partial charge in [-0.15, -0.1) is 0 Å². The Kier molecular flexibility index (Phi) is 4.91. The fourth-order valence-corrected chi connectivity index (χ4v) is 4.54. The number of nitrogens with zero attached hydrogens (tertiary/aromatic N) is 2. The number of halogens is 1. The van der Waals surface area contributed by atoms with E-state index in [0.29, 0.717) is 38.8 Å². The first-order valence-electron chi connectivity index (χ1n) is 7.73. The molecule has 2 fully saturated rings. The maximum Gasteiger partial charge on any atom is 0.244 e. The van der Waals surface area contributed by atoms with Gasteiger partial charge in [0.05, 0.1) is 11.6 Å². The van der Waals surface area contributed by atoms with E-state index < -0.39 is 10.0 Å². The van der Waals surface area contributed by atoms with Crippen molar-refractivity contribution in [2.45, 2.75) is 23.8 Å². The van der Waals surface area contributed by atoms with Gasteiger partial charge in [-0.25, -0.2) is 8.42 Å². The number of hydrogen-bond donors (Lipinski definition) is 1. The lowest BCUT2D eigenvalue weighted by molar-refractivity contribution is -0.122. The van der Waals surface area contributed by atoms with Gasteiger partial charge in [0, 0.05) is 32.2 Å². The van der Waals surface area contributed by atoms with Crippen molar-refractivity contribution >= 4 is 27.5 Å². The SMILES string of the molecule is O=C(CN1CCN(S(=O)(=O)c2ccccc2Cl)CC1)NC1CC1. The second kappa shape index (κ2) is 6.76. The van der Waals surface area contributed by atoms with Crippen LogP contribution in [0.5, 0.6) is 0 Å². The molecule has 1 aliphatic heterocycles. The molecule has 0 unspecified atom stereocenters. The Labute approximate surface area is 141 Å². The molecule has 1 aromatic carbocycles. The van der Waals surface area contributed by atoms with E-state index in [2.05, 4.69) is 5.32 Å². The normalized spacial score (nSPS) is 20.4. The van der Waals surface area contributed by atoms with E-state index in [-0.39, 0.29) is 15.8 Å². The predicted molar refractivity (Wildman–Crippen MR) is 87.8 cm³/mol. The highest BCUT2D eigenvalue weighted by Crippen LogP contribution is 2.25. The van der Waals surface area contributed by atoms with Gasteiger partial charge < -0.3 is 5.32 Å². The zero-order valence-electron chi connectivity index (χ0n) is 12.7. The smallest absolute Gasteiger partial charge is 0.244 e. The van der Waals surface area contributed by atoms with E-state index in [4.69, 9.17) is 11.6 Å². The van der Waals surface area contributed by atoms with Gasteiger partial charge in [-0.2, -0.15) is 4.31 Å². The molecule has 1 amide bonds. The number of carbonyl (C=O) groups is 1. The number of sulfonamides is 1. The quantitative estimate of drug-likeness (QED) is 0.851. The van der Waals surface area contributed by atoms with E-state index in [0.717, 1.165) is 12.8 Å². The molecule has 6 nitrogen and oxygen atoms in total. The Morgan fingerprint density at radius 3 is 2.43 bits per heavy atom. The van der Waals surface area contributed by atoms with E-state index in [1.54, 1.807) is 18.2 Å². The summed E-state index contributed by atoms with van der Waals surface area (Å²) in [6.07, 6.45) is 2.13. The molecule has 1 heterocycles. The summed E-state index contributed by atoms with van der Waals surface area (Å²) in [4.78, 5) is 13.9. The summed E-state index contributed by atoms with van der Waals surface area (Å²) in [5.74, 6) is 0.0231. The van der Waals surface area contributed by atoms with Gasteiger partial charge in [0.15, 0.2) is 0 Å². The van der Waals surface area contributed by atoms with Crippen LogP contribution in [0.3, 0.4) is 0 Å². The molecule has 8 heteroatoms. The van der Waals surface area contributed by atoms with Gasteiger partial charge in [-0.3, -0.25) is 9.69 Å². The number of carbonyl (C=O) groups excluding carboxylic acids is 1. The van der Waals surface area contributed by atoms with Crippen molar-refractivity contribution in [2.24, 2.45) is 0 Å². The number of piperazine rings is 1. The Morgan fingerprint density at radius 2 is 1.83 bits per heavy atom. The highest BCUT2D eigenvalue weighted by atomic mass is 35.5. The third kappa shape index (κ3) is 4.03. The Bertz CT molecular complexity index is 683. The van der Waals surface area contributed by atoms with Crippen LogP contribution >= 0.6 is 11.6 Å². The van der Waals surface area contributed by atoms with Gasteiger partial charge in [-0.1, -0.05) is 23.7 Å². The van der Waals surface area contributed by atoms with Gasteiger partial charge in [0.1, 0.15) is 4.90 Å². The van der Waals surface area contributed by atoms with Crippen LogP contribution in [-0.4, -0.2) is 62.3 Å². The van der Waals surface area contributed by atoms with E-state index >= 15 is 0 Å². The highest BCUT2D eigenvalue weighted by Gasteiger charge is 2.31. The Hall–Kier alpha value is -1.15. The molecule has 1 saturated carbocycles. The minimum Gasteiger partial charge on any atom is -0.352 e. The van der Waals surface area contributed by atoms with Crippen molar-refractivity contribution in [1.82, 2.24) is 14.5 Å². The number of nitrogens with one attached hydrogen (secondary N) is 1. The zero-order chi connectivity index (χ0) is 16.4. The second-order valence-electron chi connectivity index (χ2n) is 5.95. The van der Waals surface area contributed by atoms with E-state index in [1.165, 1.54) is 10.4 Å². The van der Waals surface area contributed by atoms with Crippen LogP contribution in [-0.2, 0) is 14.8 Å². The average molecular weight is 358 g/mol. The standard InChI is InChI=1S/C15H20ClN3O3S/c16-13-3-1-2-4-14(13)23(21,22)19-9-7-18(8-10-19)11-15(20)17-12-5-6-12/h1-4,12H,5-11H2,(H,17,20). The summed E-state index contributed by atoms with van der Waals surface area (Å²) >= 11 is 6.01. The highest BCUT2D eigenvalue weighted by molar-refractivity contribution is 7.89. The van der Waals surface area contributed by atoms with Crippen molar-refractivity contribution in [3.8, 4) is 0 Å². The summed E-state index contributed by atoms with van der Waals surface area (Å²) in [7, 11) is -3.58. The van der Waals surface area contributed by atoms with E-state index in [1.807, 2.05) is 4.90 Å². The van der Waals surface area contributed by atoms with Crippen molar-refractivity contribution in [3.63, 3.8) is 0 Å².